The molecule has 0 aliphatic carbocycles. The Labute approximate surface area is 156 Å². The van der Waals surface area contributed by atoms with Crippen molar-refractivity contribution in [2.75, 3.05) is 7.05 Å². The second-order valence-electron chi connectivity index (χ2n) is 6.00. The average molecular weight is 369 g/mol. The number of aromatic nitrogens is 2. The zero-order valence-electron chi connectivity index (χ0n) is 15.2. The topological polar surface area (TPSA) is 54.2 Å². The molecule has 3 rings (SSSR count). The highest BCUT2D eigenvalue weighted by Gasteiger charge is 2.08. The number of nitrogens with one attached hydrogen (secondary N) is 2. The van der Waals surface area contributed by atoms with Crippen molar-refractivity contribution >= 4 is 5.96 Å². The predicted octanol–water partition coefficient (Wildman–Crippen LogP) is 3.32. The summed E-state index contributed by atoms with van der Waals surface area (Å²) < 4.78 is 29.8. The van der Waals surface area contributed by atoms with E-state index in [4.69, 9.17) is 0 Å². The van der Waals surface area contributed by atoms with Crippen LogP contribution in [0.4, 0.5) is 8.78 Å². The zero-order valence-corrected chi connectivity index (χ0v) is 15.2. The summed E-state index contributed by atoms with van der Waals surface area (Å²) >= 11 is 0. The van der Waals surface area contributed by atoms with Gasteiger partial charge in [-0.05, 0) is 30.7 Å². The maximum Gasteiger partial charge on any atom is 0.191 e. The van der Waals surface area contributed by atoms with Crippen LogP contribution in [0, 0.1) is 18.6 Å². The molecule has 0 aliphatic rings. The van der Waals surface area contributed by atoms with Crippen LogP contribution in [0.5, 0.6) is 0 Å². The molecule has 0 fully saturated rings. The molecule has 2 aromatic carbocycles. The number of hydrogen-bond donors (Lipinski definition) is 2. The van der Waals surface area contributed by atoms with Crippen LogP contribution in [0.1, 0.15) is 17.0 Å². The summed E-state index contributed by atoms with van der Waals surface area (Å²) in [6.07, 6.45) is 3.36. The zero-order chi connectivity index (χ0) is 19.2. The second-order valence-corrected chi connectivity index (χ2v) is 6.00. The lowest BCUT2D eigenvalue weighted by molar-refractivity contribution is 0.604. The Morgan fingerprint density at radius 1 is 1.07 bits per heavy atom. The second kappa shape index (κ2) is 8.44. The Morgan fingerprint density at radius 3 is 2.52 bits per heavy atom. The summed E-state index contributed by atoms with van der Waals surface area (Å²) in [5.41, 5.74) is 1.77. The Kier molecular flexibility index (Phi) is 5.80. The third kappa shape index (κ3) is 4.49. The van der Waals surface area contributed by atoms with E-state index in [0.29, 0.717) is 30.3 Å². The van der Waals surface area contributed by atoms with Gasteiger partial charge in [-0.2, -0.15) is 0 Å². The predicted molar refractivity (Wildman–Crippen MR) is 102 cm³/mol. The third-order valence-corrected chi connectivity index (χ3v) is 4.19. The molecular formula is C20H21F2N5. The minimum absolute atomic E-state index is 0.270. The van der Waals surface area contributed by atoms with E-state index < -0.39 is 0 Å². The largest absolute Gasteiger partial charge is 0.352 e. The number of imidazole rings is 1. The average Bonchev–Trinajstić information content (AvgIpc) is 3.09. The summed E-state index contributed by atoms with van der Waals surface area (Å²) in [4.78, 5) is 8.22. The lowest BCUT2D eigenvalue weighted by atomic mass is 10.2. The molecule has 3 aromatic rings. The van der Waals surface area contributed by atoms with Crippen molar-refractivity contribution in [3.8, 4) is 5.69 Å². The first-order valence-electron chi connectivity index (χ1n) is 8.55. The Hall–Kier alpha value is -3.22. The van der Waals surface area contributed by atoms with Gasteiger partial charge in [0, 0.05) is 38.1 Å². The van der Waals surface area contributed by atoms with E-state index in [1.807, 2.05) is 13.0 Å². The van der Waals surface area contributed by atoms with Gasteiger partial charge in [0.25, 0.3) is 0 Å². The summed E-state index contributed by atoms with van der Waals surface area (Å²) in [6.45, 7) is 2.51. The molecule has 0 saturated carbocycles. The van der Waals surface area contributed by atoms with Crippen LogP contribution in [0.2, 0.25) is 0 Å². The highest BCUT2D eigenvalue weighted by atomic mass is 19.1. The van der Waals surface area contributed by atoms with E-state index >= 15 is 0 Å². The van der Waals surface area contributed by atoms with E-state index in [2.05, 4.69) is 20.6 Å². The molecule has 0 saturated heterocycles. The van der Waals surface area contributed by atoms with Crippen molar-refractivity contribution in [1.29, 1.82) is 0 Å². The standard InChI is InChI=1S/C20H21F2N5/c1-14-24-9-10-27(14)19-8-7-15(11-18(19)22)12-25-20(23-2)26-13-16-5-3-4-6-17(16)21/h3-11H,12-13H2,1-2H3,(H2,23,25,26). The molecule has 0 aliphatic heterocycles. The van der Waals surface area contributed by atoms with Gasteiger partial charge in [0.05, 0.1) is 5.69 Å². The molecule has 1 heterocycles. The van der Waals surface area contributed by atoms with Crippen molar-refractivity contribution in [2.45, 2.75) is 20.0 Å². The fourth-order valence-corrected chi connectivity index (χ4v) is 2.72. The monoisotopic (exact) mass is 369 g/mol. The molecule has 1 aromatic heterocycles. The van der Waals surface area contributed by atoms with Gasteiger partial charge >= 0.3 is 0 Å². The van der Waals surface area contributed by atoms with Crippen molar-refractivity contribution in [2.24, 2.45) is 4.99 Å². The van der Waals surface area contributed by atoms with E-state index in [1.54, 1.807) is 48.3 Å². The molecule has 2 N–H and O–H groups in total. The molecule has 27 heavy (non-hydrogen) atoms. The van der Waals surface area contributed by atoms with Crippen molar-refractivity contribution in [1.82, 2.24) is 20.2 Å². The van der Waals surface area contributed by atoms with E-state index in [-0.39, 0.29) is 11.6 Å². The summed E-state index contributed by atoms with van der Waals surface area (Å²) in [5, 5.41) is 6.14. The lowest BCUT2D eigenvalue weighted by Crippen LogP contribution is -2.36. The quantitative estimate of drug-likeness (QED) is 0.536. The molecule has 0 unspecified atom stereocenters. The number of halogens is 2. The minimum Gasteiger partial charge on any atom is -0.352 e. The van der Waals surface area contributed by atoms with Gasteiger partial charge in [0.1, 0.15) is 17.5 Å². The fraction of sp³-hybridized carbons (Fsp3) is 0.200. The highest BCUT2D eigenvalue weighted by molar-refractivity contribution is 5.79. The maximum absolute atomic E-state index is 14.4. The van der Waals surface area contributed by atoms with Gasteiger partial charge in [-0.1, -0.05) is 24.3 Å². The molecule has 0 spiro atoms. The molecule has 0 radical (unpaired) electrons. The van der Waals surface area contributed by atoms with Gasteiger partial charge in [-0.25, -0.2) is 13.8 Å². The molecule has 0 atom stereocenters. The van der Waals surface area contributed by atoms with Crippen molar-refractivity contribution < 1.29 is 8.78 Å². The molecule has 7 heteroatoms. The van der Waals surface area contributed by atoms with Gasteiger partial charge in [0.2, 0.25) is 0 Å². The maximum atomic E-state index is 14.4. The summed E-state index contributed by atoms with van der Waals surface area (Å²) in [7, 11) is 1.63. The van der Waals surface area contributed by atoms with Crippen molar-refractivity contribution in [3.05, 3.63) is 83.4 Å². The van der Waals surface area contributed by atoms with Gasteiger partial charge in [-0.15, -0.1) is 0 Å². The van der Waals surface area contributed by atoms with E-state index in [9.17, 15) is 8.78 Å². The molecular weight excluding hydrogens is 348 g/mol. The Bertz CT molecular complexity index is 949. The number of aliphatic imine (C=N–C) groups is 1. The normalized spacial score (nSPS) is 11.5. The number of aryl methyl sites for hydroxylation is 1. The van der Waals surface area contributed by atoms with E-state index in [1.165, 1.54) is 12.1 Å². The number of hydrogen-bond acceptors (Lipinski definition) is 2. The van der Waals surface area contributed by atoms with Crippen LogP contribution >= 0.6 is 0 Å². The first kappa shape index (κ1) is 18.6. The summed E-state index contributed by atoms with van der Waals surface area (Å²) in [6, 6.07) is 11.6. The van der Waals surface area contributed by atoms with Crippen LogP contribution in [0.15, 0.2) is 59.9 Å². The molecule has 5 nitrogen and oxygen atoms in total. The number of guanidine groups is 1. The number of rotatable bonds is 5. The number of nitrogens with zero attached hydrogens (tertiary/aromatic N) is 3. The molecule has 0 amide bonds. The van der Waals surface area contributed by atoms with Gasteiger partial charge < -0.3 is 15.2 Å². The molecule has 0 bridgehead atoms. The first-order chi connectivity index (χ1) is 13.1. The molecule has 140 valence electrons. The van der Waals surface area contributed by atoms with Crippen LogP contribution in [0.3, 0.4) is 0 Å². The third-order valence-electron chi connectivity index (χ3n) is 4.19. The smallest absolute Gasteiger partial charge is 0.191 e. The first-order valence-corrected chi connectivity index (χ1v) is 8.55. The van der Waals surface area contributed by atoms with Gasteiger partial charge in [0.15, 0.2) is 5.96 Å². The van der Waals surface area contributed by atoms with Crippen molar-refractivity contribution in [3.63, 3.8) is 0 Å². The fourth-order valence-electron chi connectivity index (χ4n) is 2.72. The number of benzene rings is 2. The Balaban J connectivity index is 1.61. The van der Waals surface area contributed by atoms with Crippen LogP contribution in [0.25, 0.3) is 5.69 Å². The van der Waals surface area contributed by atoms with Crippen LogP contribution < -0.4 is 10.6 Å². The van der Waals surface area contributed by atoms with E-state index in [0.717, 1.165) is 11.4 Å². The highest BCUT2D eigenvalue weighted by Crippen LogP contribution is 2.16. The van der Waals surface area contributed by atoms with Crippen LogP contribution in [-0.4, -0.2) is 22.6 Å². The SMILES string of the molecule is CN=C(NCc1ccc(-n2ccnc2C)c(F)c1)NCc1ccccc1F. The van der Waals surface area contributed by atoms with Crippen LogP contribution in [-0.2, 0) is 13.1 Å². The van der Waals surface area contributed by atoms with Gasteiger partial charge in [-0.3, -0.25) is 4.99 Å². The minimum atomic E-state index is -0.329. The lowest BCUT2D eigenvalue weighted by Gasteiger charge is -2.13. The Morgan fingerprint density at radius 2 is 1.85 bits per heavy atom. The summed E-state index contributed by atoms with van der Waals surface area (Å²) in [5.74, 6) is 0.628.